The molecule has 2 fully saturated rings. The van der Waals surface area contributed by atoms with E-state index < -0.39 is 11.8 Å². The summed E-state index contributed by atoms with van der Waals surface area (Å²) in [7, 11) is 0. The molecule has 1 aromatic rings. The van der Waals surface area contributed by atoms with Gasteiger partial charge < -0.3 is 0 Å². The summed E-state index contributed by atoms with van der Waals surface area (Å²) in [4.78, 5) is 25.9. The second-order valence-electron chi connectivity index (χ2n) is 5.63. The van der Waals surface area contributed by atoms with E-state index in [4.69, 9.17) is 23.8 Å². The summed E-state index contributed by atoms with van der Waals surface area (Å²) in [6.07, 6.45) is 6.46. The Morgan fingerprint density at radius 3 is 2.52 bits per heavy atom. The van der Waals surface area contributed by atoms with Crippen LogP contribution in [0.1, 0.15) is 37.7 Å². The Kier molecular flexibility index (Phi) is 4.73. The molecule has 1 aliphatic carbocycles. The molecule has 1 saturated carbocycles. The lowest BCUT2D eigenvalue weighted by Crippen LogP contribution is -2.41. The number of thiocarbonyl (C=S) groups is 1. The van der Waals surface area contributed by atoms with Gasteiger partial charge in [-0.1, -0.05) is 49.1 Å². The molecule has 0 aromatic heterocycles. The number of hydrazone groups is 1. The number of amides is 2. The number of carbonyl (C=O) groups excluding carboxylic acids is 2. The summed E-state index contributed by atoms with van der Waals surface area (Å²) in [6.45, 7) is 0. The summed E-state index contributed by atoms with van der Waals surface area (Å²) in [5.41, 5.74) is 0.660. The van der Waals surface area contributed by atoms with Crippen molar-refractivity contribution >= 4 is 47.0 Å². The second-order valence-corrected chi connectivity index (χ2v) is 6.40. The largest absolute Gasteiger partial charge is 0.339 e. The molecule has 0 bridgehead atoms. The van der Waals surface area contributed by atoms with Crippen LogP contribution in [0.2, 0.25) is 5.02 Å². The van der Waals surface area contributed by atoms with E-state index in [1.165, 1.54) is 11.1 Å². The van der Waals surface area contributed by atoms with Crippen molar-refractivity contribution in [1.29, 1.82) is 0 Å². The molecule has 1 aromatic carbocycles. The van der Waals surface area contributed by atoms with Gasteiger partial charge in [0.1, 0.15) is 0 Å². The molecule has 120 valence electrons. The fraction of sp³-hybridized carbons (Fsp3) is 0.375. The van der Waals surface area contributed by atoms with Crippen molar-refractivity contribution in [2.45, 2.75) is 38.1 Å². The molecule has 0 atom stereocenters. The first kappa shape index (κ1) is 16.1. The third kappa shape index (κ3) is 3.14. The van der Waals surface area contributed by atoms with Gasteiger partial charge in [0, 0.05) is 16.6 Å². The SMILES string of the molecule is O=C1C(=O)N(C2CCCCC2)C(=S)N1/N=C/c1ccccc1Cl. The molecule has 2 aliphatic rings. The van der Waals surface area contributed by atoms with Crippen molar-refractivity contribution in [1.82, 2.24) is 9.91 Å². The Hall–Kier alpha value is -1.79. The molecule has 7 heteroatoms. The Morgan fingerprint density at radius 1 is 1.13 bits per heavy atom. The molecule has 1 heterocycles. The van der Waals surface area contributed by atoms with E-state index >= 15 is 0 Å². The summed E-state index contributed by atoms with van der Waals surface area (Å²) < 4.78 is 0. The topological polar surface area (TPSA) is 53.0 Å². The summed E-state index contributed by atoms with van der Waals surface area (Å²) in [5, 5.41) is 5.76. The maximum absolute atomic E-state index is 12.3. The maximum atomic E-state index is 12.3. The molecule has 0 spiro atoms. The molecule has 0 N–H and O–H groups in total. The highest BCUT2D eigenvalue weighted by atomic mass is 35.5. The van der Waals surface area contributed by atoms with Crippen LogP contribution in [-0.4, -0.2) is 39.1 Å². The average Bonchev–Trinajstić information content (AvgIpc) is 2.78. The van der Waals surface area contributed by atoms with Gasteiger partial charge >= 0.3 is 11.8 Å². The lowest BCUT2D eigenvalue weighted by atomic mass is 9.94. The molecule has 1 saturated heterocycles. The minimum absolute atomic E-state index is 0.00760. The van der Waals surface area contributed by atoms with Gasteiger partial charge in [-0.15, -0.1) is 0 Å². The first-order valence-corrected chi connectivity index (χ1v) is 8.38. The molecule has 0 radical (unpaired) electrons. The van der Waals surface area contributed by atoms with Crippen LogP contribution in [0.3, 0.4) is 0 Å². The highest BCUT2D eigenvalue weighted by Gasteiger charge is 2.45. The van der Waals surface area contributed by atoms with Crippen LogP contribution in [0, 0.1) is 0 Å². The minimum atomic E-state index is -0.705. The van der Waals surface area contributed by atoms with Crippen molar-refractivity contribution in [2.75, 3.05) is 0 Å². The van der Waals surface area contributed by atoms with Gasteiger partial charge in [-0.05, 0) is 31.1 Å². The second kappa shape index (κ2) is 6.76. The predicted octanol–water partition coefficient (Wildman–Crippen LogP) is 2.96. The fourth-order valence-electron chi connectivity index (χ4n) is 2.93. The Morgan fingerprint density at radius 2 is 1.83 bits per heavy atom. The van der Waals surface area contributed by atoms with Gasteiger partial charge in [0.15, 0.2) is 0 Å². The zero-order valence-electron chi connectivity index (χ0n) is 12.4. The van der Waals surface area contributed by atoms with Crippen LogP contribution in [0.15, 0.2) is 29.4 Å². The van der Waals surface area contributed by atoms with Crippen LogP contribution in [0.4, 0.5) is 0 Å². The van der Waals surface area contributed by atoms with Crippen LogP contribution in [0.5, 0.6) is 0 Å². The zero-order valence-corrected chi connectivity index (χ0v) is 14.0. The minimum Gasteiger partial charge on any atom is -0.276 e. The van der Waals surface area contributed by atoms with Gasteiger partial charge in [0.2, 0.25) is 5.11 Å². The van der Waals surface area contributed by atoms with Crippen molar-refractivity contribution in [3.8, 4) is 0 Å². The lowest BCUT2D eigenvalue weighted by molar-refractivity contribution is -0.144. The normalized spacial score (nSPS) is 20.1. The molecule has 2 amide bonds. The number of rotatable bonds is 3. The summed E-state index contributed by atoms with van der Waals surface area (Å²) >= 11 is 11.4. The number of benzene rings is 1. The molecular weight excluding hydrogens is 334 g/mol. The van der Waals surface area contributed by atoms with Gasteiger partial charge in [0.25, 0.3) is 0 Å². The lowest BCUT2D eigenvalue weighted by Gasteiger charge is -2.29. The summed E-state index contributed by atoms with van der Waals surface area (Å²) in [5.74, 6) is -1.29. The maximum Gasteiger partial charge on any atom is 0.339 e. The van der Waals surface area contributed by atoms with Crippen LogP contribution in [0.25, 0.3) is 0 Å². The number of nitrogens with zero attached hydrogens (tertiary/aromatic N) is 3. The van der Waals surface area contributed by atoms with Crippen LogP contribution in [-0.2, 0) is 9.59 Å². The van der Waals surface area contributed by atoms with Crippen molar-refractivity contribution in [3.63, 3.8) is 0 Å². The van der Waals surface area contributed by atoms with Gasteiger partial charge in [-0.25, -0.2) is 0 Å². The third-order valence-corrected chi connectivity index (χ3v) is 4.85. The highest BCUT2D eigenvalue weighted by molar-refractivity contribution is 7.80. The monoisotopic (exact) mass is 349 g/mol. The van der Waals surface area contributed by atoms with Gasteiger partial charge in [0.05, 0.1) is 6.21 Å². The van der Waals surface area contributed by atoms with Crippen LogP contribution >= 0.6 is 23.8 Å². The molecular formula is C16H16ClN3O2S. The molecule has 3 rings (SSSR count). The average molecular weight is 350 g/mol. The zero-order chi connectivity index (χ0) is 16.4. The van der Waals surface area contributed by atoms with E-state index in [0.717, 1.165) is 37.1 Å². The number of halogens is 1. The predicted molar refractivity (Wildman–Crippen MR) is 92.2 cm³/mol. The first-order chi connectivity index (χ1) is 11.1. The number of hydrogen-bond donors (Lipinski definition) is 0. The molecule has 5 nitrogen and oxygen atoms in total. The highest BCUT2D eigenvalue weighted by Crippen LogP contribution is 2.27. The first-order valence-electron chi connectivity index (χ1n) is 7.59. The number of carbonyl (C=O) groups is 2. The molecule has 0 unspecified atom stereocenters. The molecule has 1 aliphatic heterocycles. The Labute approximate surface area is 144 Å². The standard InChI is InChI=1S/C16H16ClN3O2S/c17-13-9-5-4-6-11(13)10-18-20-15(22)14(21)19(16(20)23)12-7-2-1-3-8-12/h4-6,9-10,12H,1-3,7-8H2/b18-10+. The van der Waals surface area contributed by atoms with Gasteiger partial charge in [-0.3, -0.25) is 14.5 Å². The van der Waals surface area contributed by atoms with E-state index in [9.17, 15) is 9.59 Å². The molecule has 23 heavy (non-hydrogen) atoms. The van der Waals surface area contributed by atoms with E-state index in [1.807, 2.05) is 6.07 Å². The smallest absolute Gasteiger partial charge is 0.276 e. The van der Waals surface area contributed by atoms with E-state index in [0.29, 0.717) is 10.6 Å². The van der Waals surface area contributed by atoms with E-state index in [1.54, 1.807) is 18.2 Å². The Bertz CT molecular complexity index is 686. The van der Waals surface area contributed by atoms with E-state index in [2.05, 4.69) is 5.10 Å². The van der Waals surface area contributed by atoms with Crippen molar-refractivity contribution in [3.05, 3.63) is 34.9 Å². The van der Waals surface area contributed by atoms with Crippen LogP contribution < -0.4 is 0 Å². The van der Waals surface area contributed by atoms with Gasteiger partial charge in [-0.2, -0.15) is 10.1 Å². The fourth-order valence-corrected chi connectivity index (χ4v) is 3.48. The quantitative estimate of drug-likeness (QED) is 0.479. The number of hydrogen-bond acceptors (Lipinski definition) is 4. The third-order valence-electron chi connectivity index (χ3n) is 4.14. The van der Waals surface area contributed by atoms with E-state index in [-0.39, 0.29) is 11.2 Å². The van der Waals surface area contributed by atoms with Crippen molar-refractivity contribution in [2.24, 2.45) is 5.10 Å². The van der Waals surface area contributed by atoms with Crippen molar-refractivity contribution < 1.29 is 9.59 Å². The summed E-state index contributed by atoms with van der Waals surface area (Å²) in [6, 6.07) is 7.13. The Balaban J connectivity index is 1.80.